The van der Waals surface area contributed by atoms with Crippen LogP contribution in [-0.2, 0) is 12.6 Å². The Bertz CT molecular complexity index is 59.7. The van der Waals surface area contributed by atoms with E-state index in [1.54, 1.807) is 0 Å². The van der Waals surface area contributed by atoms with Gasteiger partial charge in [0.15, 0.2) is 0 Å². The fraction of sp³-hybridized carbons (Fsp3) is 0.500. The summed E-state index contributed by atoms with van der Waals surface area (Å²) in [6.07, 6.45) is 0.878. The van der Waals surface area contributed by atoms with Gasteiger partial charge in [-0.05, 0) is 0 Å². The zero-order chi connectivity index (χ0) is 4.12. The van der Waals surface area contributed by atoms with Crippen LogP contribution >= 0.6 is 0 Å². The zero-order valence-corrected chi connectivity index (χ0v) is 4.93. The second-order valence-electron chi connectivity index (χ2n) is 0.632. The molecule has 0 amide bonds. The maximum Gasteiger partial charge on any atom is 1.00 e. The fourth-order valence-corrected chi connectivity index (χ4v) is 0.217. The van der Waals surface area contributed by atoms with E-state index >= 15 is 0 Å². The Balaban J connectivity index is 0. The van der Waals surface area contributed by atoms with Crippen molar-refractivity contribution in [2.75, 3.05) is 0 Å². The predicted octanol–water partition coefficient (Wildman–Crippen LogP) is -2.09. The molecule has 0 aromatic carbocycles. The van der Waals surface area contributed by atoms with Crippen molar-refractivity contribution in [3.05, 3.63) is 0 Å². The number of hydrogen-bond acceptors (Lipinski definition) is 1. The molecule has 0 aliphatic carbocycles. The first kappa shape index (κ1) is 9.62. The average Bonchev–Trinajstić information content (AvgIpc) is 1.41. The van der Waals surface area contributed by atoms with Crippen molar-refractivity contribution in [3.8, 4) is 11.2 Å². The summed E-state index contributed by atoms with van der Waals surface area (Å²) in [5, 5.41) is 2.35. The monoisotopic (exact) mass is 92.0 g/mol. The van der Waals surface area contributed by atoms with Crippen LogP contribution in [0.2, 0.25) is 0 Å². The van der Waals surface area contributed by atoms with E-state index < -0.39 is 0 Å². The summed E-state index contributed by atoms with van der Waals surface area (Å²) in [5.41, 5.74) is 0. The Kier molecular flexibility index (Phi) is 14.5. The first-order valence-electron chi connectivity index (χ1n) is 1.51. The summed E-state index contributed by atoms with van der Waals surface area (Å²) in [5.74, 6) is 2.68. The van der Waals surface area contributed by atoms with Crippen LogP contribution < -0.4 is 18.9 Å². The van der Waals surface area contributed by atoms with Gasteiger partial charge in [-0.15, -0.1) is 5.92 Å². The Hall–Kier alpha value is 0.377. The van der Waals surface area contributed by atoms with E-state index in [1.165, 1.54) is 0 Å². The molecule has 0 spiro atoms. The van der Waals surface area contributed by atoms with Crippen LogP contribution in [0.1, 0.15) is 13.3 Å². The molecule has 0 N–H and O–H groups in total. The largest absolute Gasteiger partial charge is 1.00 e. The van der Waals surface area contributed by atoms with Crippen molar-refractivity contribution >= 4 is 12.6 Å². The van der Waals surface area contributed by atoms with Crippen molar-refractivity contribution in [3.63, 3.8) is 0 Å². The molecule has 0 saturated carbocycles. The molecule has 0 heterocycles. The molecule has 0 rings (SSSR count). The first-order valence-corrected chi connectivity index (χ1v) is 1.92. The Morgan fingerprint density at radius 1 is 1.67 bits per heavy atom. The Morgan fingerprint density at radius 3 is 2.17 bits per heavy atom. The second kappa shape index (κ2) is 9.03. The van der Waals surface area contributed by atoms with Gasteiger partial charge < -0.3 is 12.6 Å². The SMILES string of the molecule is CCC#C[S-].[Li+]. The third-order valence-electron chi connectivity index (χ3n) is 0.249. The van der Waals surface area contributed by atoms with Crippen LogP contribution in [0.15, 0.2) is 0 Å². The molecule has 0 unspecified atom stereocenters. The van der Waals surface area contributed by atoms with Gasteiger partial charge >= 0.3 is 18.9 Å². The molecule has 6 heavy (non-hydrogen) atoms. The number of rotatable bonds is 0. The molecule has 0 aliphatic rings. The smallest absolute Gasteiger partial charge is 0.725 e. The predicted molar refractivity (Wildman–Crippen MR) is 25.4 cm³/mol. The van der Waals surface area contributed by atoms with E-state index in [0.29, 0.717) is 0 Å². The summed E-state index contributed by atoms with van der Waals surface area (Å²) in [4.78, 5) is 0. The number of hydrogen-bond donors (Lipinski definition) is 0. The van der Waals surface area contributed by atoms with Gasteiger partial charge in [0.25, 0.3) is 0 Å². The molecule has 0 aromatic heterocycles. The topological polar surface area (TPSA) is 0 Å². The van der Waals surface area contributed by atoms with E-state index in [-0.39, 0.29) is 18.9 Å². The molecule has 0 aromatic rings. The van der Waals surface area contributed by atoms with E-state index in [0.717, 1.165) is 6.42 Å². The van der Waals surface area contributed by atoms with Gasteiger partial charge in [0.05, 0.1) is 0 Å². The molecule has 0 atom stereocenters. The van der Waals surface area contributed by atoms with Gasteiger partial charge in [-0.3, -0.25) is 0 Å². The quantitative estimate of drug-likeness (QED) is 0.187. The maximum atomic E-state index is 4.29. The van der Waals surface area contributed by atoms with Gasteiger partial charge in [-0.2, -0.15) is 0 Å². The van der Waals surface area contributed by atoms with Gasteiger partial charge in [0.1, 0.15) is 0 Å². The summed E-state index contributed by atoms with van der Waals surface area (Å²) in [6.45, 7) is 1.97. The standard InChI is InChI=1S/C4H6S.Li/c1-2-3-4-5;/h5H,2H2,1H3;/q;+1/p-1. The summed E-state index contributed by atoms with van der Waals surface area (Å²) >= 11 is 4.29. The van der Waals surface area contributed by atoms with Gasteiger partial charge in [-0.25, -0.2) is 5.25 Å². The summed E-state index contributed by atoms with van der Waals surface area (Å²) in [6, 6.07) is 0. The second-order valence-corrected chi connectivity index (χ2v) is 0.837. The van der Waals surface area contributed by atoms with Crippen LogP contribution in [0.25, 0.3) is 0 Å². The van der Waals surface area contributed by atoms with Crippen LogP contribution in [0.4, 0.5) is 0 Å². The van der Waals surface area contributed by atoms with Crippen molar-refractivity contribution in [2.24, 2.45) is 0 Å². The normalized spacial score (nSPS) is 4.17. The minimum Gasteiger partial charge on any atom is -0.725 e. The Labute approximate surface area is 56.3 Å². The van der Waals surface area contributed by atoms with Gasteiger partial charge in [0.2, 0.25) is 0 Å². The van der Waals surface area contributed by atoms with Gasteiger partial charge in [-0.1, -0.05) is 6.92 Å². The molecule has 0 saturated heterocycles. The van der Waals surface area contributed by atoms with Crippen molar-refractivity contribution in [1.82, 2.24) is 0 Å². The van der Waals surface area contributed by atoms with E-state index in [4.69, 9.17) is 0 Å². The van der Waals surface area contributed by atoms with Crippen LogP contribution in [0, 0.1) is 11.2 Å². The first-order chi connectivity index (χ1) is 2.41. The Morgan fingerprint density at radius 2 is 2.17 bits per heavy atom. The average molecular weight is 92.1 g/mol. The van der Waals surface area contributed by atoms with Crippen molar-refractivity contribution in [2.45, 2.75) is 13.3 Å². The molecular formula is C4H5LiS. The third-order valence-corrected chi connectivity index (χ3v) is 0.393. The molecule has 0 radical (unpaired) electrons. The van der Waals surface area contributed by atoms with Gasteiger partial charge in [0, 0.05) is 6.42 Å². The van der Waals surface area contributed by atoms with E-state index in [9.17, 15) is 0 Å². The van der Waals surface area contributed by atoms with Crippen LogP contribution in [0.5, 0.6) is 0 Å². The molecular weight excluding hydrogens is 87.1 g/mol. The summed E-state index contributed by atoms with van der Waals surface area (Å²) < 4.78 is 0. The third kappa shape index (κ3) is 8.83. The molecule has 0 fully saturated rings. The summed E-state index contributed by atoms with van der Waals surface area (Å²) in [7, 11) is 0. The maximum absolute atomic E-state index is 4.29. The fourth-order valence-electron chi connectivity index (χ4n) is 0.0722. The van der Waals surface area contributed by atoms with Crippen LogP contribution in [0.3, 0.4) is 0 Å². The van der Waals surface area contributed by atoms with E-state index in [2.05, 4.69) is 23.8 Å². The van der Waals surface area contributed by atoms with Crippen molar-refractivity contribution in [1.29, 1.82) is 0 Å². The van der Waals surface area contributed by atoms with Crippen molar-refractivity contribution < 1.29 is 18.9 Å². The minimum atomic E-state index is 0. The molecule has 0 bridgehead atoms. The van der Waals surface area contributed by atoms with E-state index in [1.807, 2.05) is 6.92 Å². The molecule has 28 valence electrons. The molecule has 2 heteroatoms. The molecule has 0 aliphatic heterocycles. The van der Waals surface area contributed by atoms with Crippen LogP contribution in [-0.4, -0.2) is 0 Å². The molecule has 0 nitrogen and oxygen atoms in total. The zero-order valence-electron chi connectivity index (χ0n) is 4.12. The minimum absolute atomic E-state index is 0.